The molecule has 0 unspecified atom stereocenters. The van der Waals surface area contributed by atoms with Gasteiger partial charge < -0.3 is 14.2 Å². The second-order valence-corrected chi connectivity index (χ2v) is 3.95. The average molecular weight is 260 g/mol. The number of hydrogen-bond donors (Lipinski definition) is 0. The molecule has 0 amide bonds. The lowest BCUT2D eigenvalue weighted by atomic mass is 10.1. The van der Waals surface area contributed by atoms with Crippen LogP contribution in [0.4, 0.5) is 0 Å². The van der Waals surface area contributed by atoms with Gasteiger partial charge in [-0.05, 0) is 30.7 Å². The highest BCUT2D eigenvalue weighted by atomic mass is 16.5. The summed E-state index contributed by atoms with van der Waals surface area (Å²) >= 11 is 0. The zero-order valence-corrected chi connectivity index (χ0v) is 11.4. The van der Waals surface area contributed by atoms with Gasteiger partial charge in [0, 0.05) is 11.8 Å². The summed E-state index contributed by atoms with van der Waals surface area (Å²) in [5.74, 6) is 1.52. The van der Waals surface area contributed by atoms with E-state index in [1.54, 1.807) is 26.5 Å². The van der Waals surface area contributed by atoms with Gasteiger partial charge in [0.1, 0.15) is 11.5 Å². The van der Waals surface area contributed by atoms with Gasteiger partial charge in [-0.3, -0.25) is 0 Å². The molecule has 0 radical (unpaired) electrons. The summed E-state index contributed by atoms with van der Waals surface area (Å²) in [6, 6.07) is 5.94. The van der Waals surface area contributed by atoms with Crippen LogP contribution in [-0.2, 0) is 0 Å². The van der Waals surface area contributed by atoms with Crippen molar-refractivity contribution in [2.24, 2.45) is 0 Å². The molecule has 5 heteroatoms. The van der Waals surface area contributed by atoms with Gasteiger partial charge in [0.2, 0.25) is 0 Å². The second kappa shape index (κ2) is 5.56. The number of aromatic nitrogens is 2. The molecule has 0 aliphatic carbocycles. The van der Waals surface area contributed by atoms with E-state index in [0.29, 0.717) is 6.01 Å². The van der Waals surface area contributed by atoms with Crippen molar-refractivity contribution in [1.82, 2.24) is 9.97 Å². The summed E-state index contributed by atoms with van der Waals surface area (Å²) in [6.45, 7) is 1.96. The third kappa shape index (κ3) is 2.59. The number of hydrogen-bond acceptors (Lipinski definition) is 5. The lowest BCUT2D eigenvalue weighted by Crippen LogP contribution is -1.97. The molecular formula is C14H16N2O3. The highest BCUT2D eigenvalue weighted by Crippen LogP contribution is 2.35. The largest absolute Gasteiger partial charge is 0.496 e. The minimum atomic E-state index is 0.319. The topological polar surface area (TPSA) is 53.5 Å². The van der Waals surface area contributed by atoms with E-state index >= 15 is 0 Å². The van der Waals surface area contributed by atoms with Crippen molar-refractivity contribution in [1.29, 1.82) is 0 Å². The Bertz CT molecular complexity index is 585. The fraction of sp³-hybridized carbons (Fsp3) is 0.286. The van der Waals surface area contributed by atoms with Gasteiger partial charge in [-0.2, -0.15) is 4.98 Å². The quantitative estimate of drug-likeness (QED) is 0.845. The van der Waals surface area contributed by atoms with Gasteiger partial charge in [0.15, 0.2) is 0 Å². The highest BCUT2D eigenvalue weighted by molar-refractivity contribution is 5.70. The zero-order valence-electron chi connectivity index (χ0n) is 11.4. The summed E-state index contributed by atoms with van der Waals surface area (Å²) in [5.41, 5.74) is 2.57. The van der Waals surface area contributed by atoms with E-state index < -0.39 is 0 Å². The average Bonchev–Trinajstić information content (AvgIpc) is 2.46. The molecule has 0 saturated carbocycles. The maximum absolute atomic E-state index is 5.40. The maximum Gasteiger partial charge on any atom is 0.316 e. The molecule has 0 atom stereocenters. The number of rotatable bonds is 4. The minimum absolute atomic E-state index is 0.319. The van der Waals surface area contributed by atoms with E-state index in [9.17, 15) is 0 Å². The first kappa shape index (κ1) is 13.1. The molecule has 2 aromatic rings. The third-order valence-electron chi connectivity index (χ3n) is 2.81. The number of methoxy groups -OCH3 is 3. The molecule has 1 heterocycles. The van der Waals surface area contributed by atoms with Crippen LogP contribution < -0.4 is 14.2 Å². The Morgan fingerprint density at radius 2 is 1.68 bits per heavy atom. The molecule has 0 saturated heterocycles. The van der Waals surface area contributed by atoms with Crippen molar-refractivity contribution < 1.29 is 14.2 Å². The Morgan fingerprint density at radius 3 is 2.32 bits per heavy atom. The first-order chi connectivity index (χ1) is 9.19. The molecule has 100 valence electrons. The molecule has 0 bridgehead atoms. The van der Waals surface area contributed by atoms with Gasteiger partial charge >= 0.3 is 6.01 Å². The first-order valence-corrected chi connectivity index (χ1v) is 5.79. The molecular weight excluding hydrogens is 244 g/mol. The number of benzene rings is 1. The Hall–Kier alpha value is -2.30. The van der Waals surface area contributed by atoms with Gasteiger partial charge in [-0.25, -0.2) is 4.98 Å². The fourth-order valence-electron chi connectivity index (χ4n) is 1.84. The molecule has 2 rings (SSSR count). The molecule has 1 aromatic heterocycles. The number of aryl methyl sites for hydroxylation is 1. The van der Waals surface area contributed by atoms with Gasteiger partial charge in [0.25, 0.3) is 0 Å². The molecule has 5 nitrogen and oxygen atoms in total. The van der Waals surface area contributed by atoms with Crippen molar-refractivity contribution in [2.75, 3.05) is 21.3 Å². The van der Waals surface area contributed by atoms with E-state index in [-0.39, 0.29) is 0 Å². The van der Waals surface area contributed by atoms with Gasteiger partial charge in [0.05, 0.1) is 27.0 Å². The molecule has 1 aromatic carbocycles. The summed E-state index contributed by atoms with van der Waals surface area (Å²) in [7, 11) is 4.80. The molecule has 0 aliphatic rings. The van der Waals surface area contributed by atoms with Gasteiger partial charge in [-0.1, -0.05) is 0 Å². The zero-order chi connectivity index (χ0) is 13.8. The molecule has 0 spiro atoms. The SMILES string of the molecule is COc1nccc(-c2cc(OC)c(C)cc2OC)n1. The smallest absolute Gasteiger partial charge is 0.316 e. The molecule has 19 heavy (non-hydrogen) atoms. The normalized spacial score (nSPS) is 10.1. The van der Waals surface area contributed by atoms with Crippen LogP contribution in [-0.4, -0.2) is 31.3 Å². The number of nitrogens with zero attached hydrogens (tertiary/aromatic N) is 2. The number of ether oxygens (including phenoxy) is 3. The van der Waals surface area contributed by atoms with Crippen molar-refractivity contribution >= 4 is 0 Å². The lowest BCUT2D eigenvalue weighted by Gasteiger charge is -2.12. The maximum atomic E-state index is 5.40. The standard InChI is InChI=1S/C14H16N2O3/c1-9-7-13(18-3)10(8-12(9)17-2)11-5-6-15-14(16-11)19-4/h5-8H,1-4H3. The third-order valence-corrected chi connectivity index (χ3v) is 2.81. The lowest BCUT2D eigenvalue weighted by molar-refractivity contribution is 0.380. The Balaban J connectivity index is 2.58. The molecule has 0 aliphatic heterocycles. The summed E-state index contributed by atoms with van der Waals surface area (Å²) in [5, 5.41) is 0. The summed E-state index contributed by atoms with van der Waals surface area (Å²) in [6.07, 6.45) is 1.65. The van der Waals surface area contributed by atoms with Crippen molar-refractivity contribution in [2.45, 2.75) is 6.92 Å². The Kier molecular flexibility index (Phi) is 3.85. The molecule has 0 N–H and O–H groups in total. The Labute approximate surface area is 112 Å². The summed E-state index contributed by atoms with van der Waals surface area (Å²) in [4.78, 5) is 8.30. The van der Waals surface area contributed by atoms with Crippen LogP contribution in [0.15, 0.2) is 24.4 Å². The predicted octanol–water partition coefficient (Wildman–Crippen LogP) is 2.48. The van der Waals surface area contributed by atoms with E-state index in [0.717, 1.165) is 28.3 Å². The van der Waals surface area contributed by atoms with E-state index in [1.165, 1.54) is 7.11 Å². The van der Waals surface area contributed by atoms with Crippen molar-refractivity contribution in [3.05, 3.63) is 30.0 Å². The van der Waals surface area contributed by atoms with E-state index in [4.69, 9.17) is 14.2 Å². The van der Waals surface area contributed by atoms with E-state index in [1.807, 2.05) is 19.1 Å². The first-order valence-electron chi connectivity index (χ1n) is 5.79. The minimum Gasteiger partial charge on any atom is -0.496 e. The van der Waals surface area contributed by atoms with Crippen LogP contribution in [0.5, 0.6) is 17.5 Å². The monoisotopic (exact) mass is 260 g/mol. The fourth-order valence-corrected chi connectivity index (χ4v) is 1.84. The van der Waals surface area contributed by atoms with Crippen LogP contribution in [0.25, 0.3) is 11.3 Å². The van der Waals surface area contributed by atoms with Crippen LogP contribution in [0.1, 0.15) is 5.56 Å². The highest BCUT2D eigenvalue weighted by Gasteiger charge is 2.12. The van der Waals surface area contributed by atoms with E-state index in [2.05, 4.69) is 9.97 Å². The Morgan fingerprint density at radius 1 is 0.947 bits per heavy atom. The van der Waals surface area contributed by atoms with Gasteiger partial charge in [-0.15, -0.1) is 0 Å². The van der Waals surface area contributed by atoms with Crippen molar-refractivity contribution in [3.63, 3.8) is 0 Å². The van der Waals surface area contributed by atoms with Crippen LogP contribution in [0.2, 0.25) is 0 Å². The van der Waals surface area contributed by atoms with Crippen LogP contribution >= 0.6 is 0 Å². The van der Waals surface area contributed by atoms with Crippen molar-refractivity contribution in [3.8, 4) is 28.8 Å². The van der Waals surface area contributed by atoms with Crippen LogP contribution in [0, 0.1) is 6.92 Å². The predicted molar refractivity (Wildman–Crippen MR) is 71.9 cm³/mol. The van der Waals surface area contributed by atoms with Crippen LogP contribution in [0.3, 0.4) is 0 Å². The second-order valence-electron chi connectivity index (χ2n) is 3.95. The summed E-state index contributed by atoms with van der Waals surface area (Å²) < 4.78 is 15.8. The molecule has 0 fully saturated rings.